The van der Waals surface area contributed by atoms with Crippen molar-refractivity contribution in [1.82, 2.24) is 15.1 Å². The van der Waals surface area contributed by atoms with Crippen molar-refractivity contribution in [2.24, 2.45) is 11.3 Å². The summed E-state index contributed by atoms with van der Waals surface area (Å²) in [7, 11) is 4.21. The average Bonchev–Trinajstić information content (AvgIpc) is 2.94. The maximum absolute atomic E-state index is 12.6. The number of hydrogen-bond acceptors (Lipinski definition) is 3. The van der Waals surface area contributed by atoms with E-state index in [1.165, 1.54) is 0 Å². The highest BCUT2D eigenvalue weighted by molar-refractivity contribution is 5.84. The van der Waals surface area contributed by atoms with Gasteiger partial charge in [-0.25, -0.2) is 0 Å². The lowest BCUT2D eigenvalue weighted by molar-refractivity contribution is -0.142. The minimum Gasteiger partial charge on any atom is -0.353 e. The van der Waals surface area contributed by atoms with Crippen LogP contribution in [0.5, 0.6) is 0 Å². The van der Waals surface area contributed by atoms with Crippen LogP contribution >= 0.6 is 0 Å². The molecule has 1 N–H and O–H groups in total. The standard InChI is InChI=1S/C18H33N3O2/c1-18(2,3)17(23)21-10-6-7-13(12-21)16(22)19-14-8-9-15(11-14)20(4)5/h13-15H,6-12H2,1-5H3,(H,19,22)/t13-,14-,15-/m1/s1. The first-order valence-electron chi connectivity index (χ1n) is 8.94. The third-order valence-electron chi connectivity index (χ3n) is 5.20. The summed E-state index contributed by atoms with van der Waals surface area (Å²) >= 11 is 0. The number of hydrogen-bond donors (Lipinski definition) is 1. The van der Waals surface area contributed by atoms with Gasteiger partial charge < -0.3 is 15.1 Å². The number of carbonyl (C=O) groups excluding carboxylic acids is 2. The summed E-state index contributed by atoms with van der Waals surface area (Å²) in [6, 6.07) is 0.870. The molecular formula is C18H33N3O2. The molecule has 5 heteroatoms. The average molecular weight is 323 g/mol. The van der Waals surface area contributed by atoms with Crippen LogP contribution in [0.15, 0.2) is 0 Å². The van der Waals surface area contributed by atoms with Gasteiger partial charge in [0.05, 0.1) is 5.92 Å². The molecule has 23 heavy (non-hydrogen) atoms. The van der Waals surface area contributed by atoms with Crippen LogP contribution in [0, 0.1) is 11.3 Å². The van der Waals surface area contributed by atoms with E-state index >= 15 is 0 Å². The predicted octanol–water partition coefficient (Wildman–Crippen LogP) is 1.87. The second-order valence-electron chi connectivity index (χ2n) is 8.48. The number of nitrogens with zero attached hydrogens (tertiary/aromatic N) is 2. The predicted molar refractivity (Wildman–Crippen MR) is 92.0 cm³/mol. The van der Waals surface area contributed by atoms with E-state index in [4.69, 9.17) is 0 Å². The van der Waals surface area contributed by atoms with E-state index < -0.39 is 0 Å². The first-order valence-corrected chi connectivity index (χ1v) is 8.94. The van der Waals surface area contributed by atoms with E-state index in [-0.39, 0.29) is 23.1 Å². The van der Waals surface area contributed by atoms with Crippen molar-refractivity contribution in [3.63, 3.8) is 0 Å². The molecule has 0 aromatic heterocycles. The number of piperidine rings is 1. The molecule has 0 aromatic carbocycles. The molecule has 1 saturated heterocycles. The van der Waals surface area contributed by atoms with Crippen molar-refractivity contribution in [1.29, 1.82) is 0 Å². The topological polar surface area (TPSA) is 52.7 Å². The van der Waals surface area contributed by atoms with Gasteiger partial charge in [0.15, 0.2) is 0 Å². The monoisotopic (exact) mass is 323 g/mol. The normalized spacial score (nSPS) is 29.0. The van der Waals surface area contributed by atoms with E-state index in [9.17, 15) is 9.59 Å². The Morgan fingerprint density at radius 2 is 1.83 bits per heavy atom. The summed E-state index contributed by atoms with van der Waals surface area (Å²) in [6.45, 7) is 7.19. The zero-order valence-corrected chi connectivity index (χ0v) is 15.4. The maximum atomic E-state index is 12.6. The number of amides is 2. The summed E-state index contributed by atoms with van der Waals surface area (Å²) in [6.07, 6.45) is 5.06. The minimum atomic E-state index is -0.372. The molecule has 1 aliphatic heterocycles. The maximum Gasteiger partial charge on any atom is 0.227 e. The Morgan fingerprint density at radius 3 is 2.39 bits per heavy atom. The zero-order chi connectivity index (χ0) is 17.2. The summed E-state index contributed by atoms with van der Waals surface area (Å²) in [4.78, 5) is 29.2. The highest BCUT2D eigenvalue weighted by Gasteiger charge is 2.35. The van der Waals surface area contributed by atoms with Crippen LogP contribution in [0.4, 0.5) is 0 Å². The molecule has 0 spiro atoms. The molecular weight excluding hydrogens is 290 g/mol. The SMILES string of the molecule is CN(C)[C@@H]1CC[C@@H](NC(=O)[C@@H]2CCCN(C(=O)C(C)(C)C)C2)C1. The third kappa shape index (κ3) is 4.69. The number of rotatable bonds is 3. The molecule has 1 saturated carbocycles. The van der Waals surface area contributed by atoms with E-state index in [0.29, 0.717) is 18.6 Å². The summed E-state index contributed by atoms with van der Waals surface area (Å²) in [5.41, 5.74) is -0.372. The first kappa shape index (κ1) is 18.2. The second-order valence-corrected chi connectivity index (χ2v) is 8.48. The number of carbonyl (C=O) groups is 2. The number of nitrogens with one attached hydrogen (secondary N) is 1. The van der Waals surface area contributed by atoms with Gasteiger partial charge in [-0.2, -0.15) is 0 Å². The molecule has 5 nitrogen and oxygen atoms in total. The molecule has 0 aromatic rings. The van der Waals surface area contributed by atoms with Gasteiger partial charge in [-0.3, -0.25) is 9.59 Å². The van der Waals surface area contributed by atoms with Gasteiger partial charge in [-0.1, -0.05) is 20.8 Å². The van der Waals surface area contributed by atoms with Crippen molar-refractivity contribution < 1.29 is 9.59 Å². The fourth-order valence-corrected chi connectivity index (χ4v) is 3.73. The van der Waals surface area contributed by atoms with Gasteiger partial charge in [0.25, 0.3) is 0 Å². The van der Waals surface area contributed by atoms with E-state index in [1.807, 2.05) is 25.7 Å². The lowest BCUT2D eigenvalue weighted by Crippen LogP contribution is -2.49. The van der Waals surface area contributed by atoms with Gasteiger partial charge in [0, 0.05) is 30.6 Å². The van der Waals surface area contributed by atoms with Crippen molar-refractivity contribution in [2.45, 2.75) is 65.0 Å². The molecule has 2 rings (SSSR count). The van der Waals surface area contributed by atoms with E-state index in [0.717, 1.165) is 38.6 Å². The van der Waals surface area contributed by atoms with Crippen molar-refractivity contribution in [3.05, 3.63) is 0 Å². The Balaban J connectivity index is 1.86. The molecule has 2 aliphatic rings. The van der Waals surface area contributed by atoms with Gasteiger partial charge in [0.2, 0.25) is 11.8 Å². The van der Waals surface area contributed by atoms with Crippen molar-refractivity contribution in [2.75, 3.05) is 27.2 Å². The number of likely N-dealkylation sites (tertiary alicyclic amines) is 1. The molecule has 0 bridgehead atoms. The lowest BCUT2D eigenvalue weighted by Gasteiger charge is -2.36. The Hall–Kier alpha value is -1.10. The quantitative estimate of drug-likeness (QED) is 0.863. The zero-order valence-electron chi connectivity index (χ0n) is 15.4. The van der Waals surface area contributed by atoms with Crippen LogP contribution in [0.3, 0.4) is 0 Å². The molecule has 1 aliphatic carbocycles. The molecule has 0 unspecified atom stereocenters. The third-order valence-corrected chi connectivity index (χ3v) is 5.20. The Labute approximate surface area is 140 Å². The Kier molecular flexibility index (Phi) is 5.71. The summed E-state index contributed by atoms with van der Waals surface area (Å²) in [5, 5.41) is 3.23. The summed E-state index contributed by atoms with van der Waals surface area (Å²) < 4.78 is 0. The van der Waals surface area contributed by atoms with Gasteiger partial charge in [0.1, 0.15) is 0 Å². The van der Waals surface area contributed by atoms with Crippen LogP contribution in [0.2, 0.25) is 0 Å². The van der Waals surface area contributed by atoms with Crippen molar-refractivity contribution >= 4 is 11.8 Å². The minimum absolute atomic E-state index is 0.0477. The fraction of sp³-hybridized carbons (Fsp3) is 0.889. The van der Waals surface area contributed by atoms with Gasteiger partial charge >= 0.3 is 0 Å². The van der Waals surface area contributed by atoms with Crippen molar-refractivity contribution in [3.8, 4) is 0 Å². The lowest BCUT2D eigenvalue weighted by atomic mass is 9.90. The van der Waals surface area contributed by atoms with Gasteiger partial charge in [-0.15, -0.1) is 0 Å². The second kappa shape index (κ2) is 7.20. The largest absolute Gasteiger partial charge is 0.353 e. The fourth-order valence-electron chi connectivity index (χ4n) is 3.73. The molecule has 1 heterocycles. The van der Waals surface area contributed by atoms with E-state index in [1.54, 1.807) is 0 Å². The summed E-state index contributed by atoms with van der Waals surface area (Å²) in [5.74, 6) is 0.248. The molecule has 132 valence electrons. The molecule has 2 amide bonds. The van der Waals surface area contributed by atoms with Crippen LogP contribution in [-0.4, -0.2) is 60.9 Å². The van der Waals surface area contributed by atoms with Crippen LogP contribution < -0.4 is 5.32 Å². The molecule has 0 radical (unpaired) electrons. The highest BCUT2D eigenvalue weighted by atomic mass is 16.2. The Morgan fingerprint density at radius 1 is 1.13 bits per heavy atom. The van der Waals surface area contributed by atoms with Crippen LogP contribution in [0.1, 0.15) is 52.9 Å². The molecule has 2 fully saturated rings. The smallest absolute Gasteiger partial charge is 0.227 e. The van der Waals surface area contributed by atoms with Crippen LogP contribution in [-0.2, 0) is 9.59 Å². The van der Waals surface area contributed by atoms with Crippen LogP contribution in [0.25, 0.3) is 0 Å². The first-order chi connectivity index (χ1) is 10.7. The Bertz CT molecular complexity index is 442. The van der Waals surface area contributed by atoms with E-state index in [2.05, 4.69) is 24.3 Å². The molecule has 3 atom stereocenters. The highest BCUT2D eigenvalue weighted by Crippen LogP contribution is 2.26. The van der Waals surface area contributed by atoms with Gasteiger partial charge in [-0.05, 0) is 46.2 Å².